The van der Waals surface area contributed by atoms with Gasteiger partial charge in [-0.15, -0.1) is 15.3 Å². The standard InChI is InChI=1S/C25H35N7O/c1-4-31(5-2)24-11-10-22-27-28-23(32(22)29-24)12-13-25(33)26-16-21-14-15-30(18-21)17-20-8-6-19(3)7-9-20/h6-11,21H,4-5,12-18H2,1-3H3,(H,26,33)/t21-/m0/s1. The number of anilines is 1. The van der Waals surface area contributed by atoms with E-state index in [0.717, 1.165) is 57.3 Å². The minimum atomic E-state index is 0.0589. The van der Waals surface area contributed by atoms with Crippen LogP contribution in [-0.4, -0.2) is 63.3 Å². The van der Waals surface area contributed by atoms with E-state index >= 15 is 0 Å². The van der Waals surface area contributed by atoms with Crippen LogP contribution in [0.3, 0.4) is 0 Å². The lowest BCUT2D eigenvalue weighted by Gasteiger charge is -2.19. The molecule has 8 nitrogen and oxygen atoms in total. The van der Waals surface area contributed by atoms with Crippen molar-refractivity contribution in [2.75, 3.05) is 37.6 Å². The molecule has 1 amide bonds. The maximum atomic E-state index is 12.5. The number of aryl methyl sites for hydroxylation is 2. The van der Waals surface area contributed by atoms with Crippen molar-refractivity contribution in [3.63, 3.8) is 0 Å². The van der Waals surface area contributed by atoms with E-state index in [1.807, 2.05) is 12.1 Å². The van der Waals surface area contributed by atoms with Crippen LogP contribution in [0.4, 0.5) is 5.82 Å². The molecular formula is C25H35N7O. The smallest absolute Gasteiger partial charge is 0.220 e. The summed E-state index contributed by atoms with van der Waals surface area (Å²) in [7, 11) is 0. The zero-order valence-electron chi connectivity index (χ0n) is 20.0. The van der Waals surface area contributed by atoms with Gasteiger partial charge in [-0.3, -0.25) is 9.69 Å². The van der Waals surface area contributed by atoms with E-state index in [9.17, 15) is 4.79 Å². The summed E-state index contributed by atoms with van der Waals surface area (Å²) in [6.07, 6.45) is 2.03. The number of carbonyl (C=O) groups is 1. The van der Waals surface area contributed by atoms with Gasteiger partial charge in [0.25, 0.3) is 0 Å². The summed E-state index contributed by atoms with van der Waals surface area (Å²) in [4.78, 5) is 17.1. The second-order valence-electron chi connectivity index (χ2n) is 8.93. The molecule has 0 bridgehead atoms. The fraction of sp³-hybridized carbons (Fsp3) is 0.520. The zero-order valence-corrected chi connectivity index (χ0v) is 20.0. The molecule has 0 saturated carbocycles. The van der Waals surface area contributed by atoms with Crippen molar-refractivity contribution in [3.05, 3.63) is 53.3 Å². The average molecular weight is 450 g/mol. The van der Waals surface area contributed by atoms with Crippen molar-refractivity contribution >= 4 is 17.4 Å². The van der Waals surface area contributed by atoms with Gasteiger partial charge in [0.05, 0.1) is 0 Å². The van der Waals surface area contributed by atoms with Crippen molar-refractivity contribution in [2.24, 2.45) is 5.92 Å². The summed E-state index contributed by atoms with van der Waals surface area (Å²) >= 11 is 0. The zero-order chi connectivity index (χ0) is 23.2. The minimum Gasteiger partial charge on any atom is -0.356 e. The second-order valence-corrected chi connectivity index (χ2v) is 8.93. The molecule has 8 heteroatoms. The Morgan fingerprint density at radius 1 is 1.12 bits per heavy atom. The summed E-state index contributed by atoms with van der Waals surface area (Å²) < 4.78 is 1.76. The van der Waals surface area contributed by atoms with Gasteiger partial charge in [-0.2, -0.15) is 4.52 Å². The van der Waals surface area contributed by atoms with Gasteiger partial charge < -0.3 is 10.2 Å². The van der Waals surface area contributed by atoms with E-state index in [2.05, 4.69) is 70.4 Å². The number of nitrogens with one attached hydrogen (secondary N) is 1. The number of fused-ring (bicyclic) bond motifs is 1. The Morgan fingerprint density at radius 3 is 2.67 bits per heavy atom. The maximum Gasteiger partial charge on any atom is 0.220 e. The van der Waals surface area contributed by atoms with E-state index in [0.29, 0.717) is 24.4 Å². The summed E-state index contributed by atoms with van der Waals surface area (Å²) in [5.41, 5.74) is 3.35. The Kier molecular flexibility index (Phi) is 7.54. The van der Waals surface area contributed by atoms with Crippen molar-refractivity contribution in [1.82, 2.24) is 30.0 Å². The molecule has 1 aliphatic rings. The van der Waals surface area contributed by atoms with Crippen molar-refractivity contribution in [1.29, 1.82) is 0 Å². The molecule has 0 aliphatic carbocycles. The van der Waals surface area contributed by atoms with Crippen LogP contribution in [0.25, 0.3) is 5.65 Å². The normalized spacial score (nSPS) is 16.4. The highest BCUT2D eigenvalue weighted by Crippen LogP contribution is 2.18. The van der Waals surface area contributed by atoms with E-state index in [-0.39, 0.29) is 5.91 Å². The minimum absolute atomic E-state index is 0.0589. The van der Waals surface area contributed by atoms with Gasteiger partial charge in [-0.1, -0.05) is 29.8 Å². The number of nitrogens with zero attached hydrogens (tertiary/aromatic N) is 6. The Labute approximate surface area is 196 Å². The first-order chi connectivity index (χ1) is 16.1. The highest BCUT2D eigenvalue weighted by atomic mass is 16.1. The fourth-order valence-corrected chi connectivity index (χ4v) is 4.44. The first-order valence-electron chi connectivity index (χ1n) is 12.1. The van der Waals surface area contributed by atoms with Crippen LogP contribution in [-0.2, 0) is 17.8 Å². The summed E-state index contributed by atoms with van der Waals surface area (Å²) in [5, 5.41) is 16.3. The summed E-state index contributed by atoms with van der Waals surface area (Å²) in [5.74, 6) is 2.18. The number of aromatic nitrogens is 4. The average Bonchev–Trinajstić information content (AvgIpc) is 3.45. The SMILES string of the molecule is CCN(CC)c1ccc2nnc(CCC(=O)NC[C@@H]3CCN(Cc4ccc(C)cc4)C3)n2n1. The largest absolute Gasteiger partial charge is 0.356 e. The molecule has 1 fully saturated rings. The molecule has 1 atom stereocenters. The van der Waals surface area contributed by atoms with E-state index in [1.54, 1.807) is 4.52 Å². The van der Waals surface area contributed by atoms with Gasteiger partial charge in [0.2, 0.25) is 5.91 Å². The third-order valence-electron chi connectivity index (χ3n) is 6.46. The fourth-order valence-electron chi connectivity index (χ4n) is 4.44. The highest BCUT2D eigenvalue weighted by Gasteiger charge is 2.23. The van der Waals surface area contributed by atoms with Gasteiger partial charge in [0.15, 0.2) is 11.5 Å². The van der Waals surface area contributed by atoms with Crippen LogP contribution in [0.5, 0.6) is 0 Å². The molecule has 3 aromatic rings. The van der Waals surface area contributed by atoms with Crippen LogP contribution in [0, 0.1) is 12.8 Å². The number of rotatable bonds is 10. The summed E-state index contributed by atoms with van der Waals surface area (Å²) in [6, 6.07) is 12.6. The molecule has 2 aromatic heterocycles. The van der Waals surface area contributed by atoms with E-state index in [4.69, 9.17) is 5.10 Å². The first kappa shape index (κ1) is 23.2. The summed E-state index contributed by atoms with van der Waals surface area (Å²) in [6.45, 7) is 11.9. The van der Waals surface area contributed by atoms with Crippen LogP contribution >= 0.6 is 0 Å². The van der Waals surface area contributed by atoms with Crippen molar-refractivity contribution < 1.29 is 4.79 Å². The topological polar surface area (TPSA) is 78.7 Å². The molecule has 176 valence electrons. The Balaban J connectivity index is 1.24. The van der Waals surface area contributed by atoms with Crippen molar-refractivity contribution in [3.8, 4) is 0 Å². The third-order valence-corrected chi connectivity index (χ3v) is 6.46. The number of benzene rings is 1. The van der Waals surface area contributed by atoms with Gasteiger partial charge in [-0.25, -0.2) is 0 Å². The molecule has 1 aliphatic heterocycles. The molecule has 1 N–H and O–H groups in total. The Hall–Kier alpha value is -3.00. The van der Waals surface area contributed by atoms with Crippen molar-refractivity contribution in [2.45, 2.75) is 46.6 Å². The van der Waals surface area contributed by atoms with Crippen LogP contribution < -0.4 is 10.2 Å². The third kappa shape index (κ3) is 5.87. The number of hydrogen-bond donors (Lipinski definition) is 1. The van der Waals surface area contributed by atoms with Gasteiger partial charge in [0, 0.05) is 45.6 Å². The van der Waals surface area contributed by atoms with E-state index < -0.39 is 0 Å². The molecule has 33 heavy (non-hydrogen) atoms. The number of hydrogen-bond acceptors (Lipinski definition) is 6. The number of likely N-dealkylation sites (tertiary alicyclic amines) is 1. The predicted molar refractivity (Wildman–Crippen MR) is 130 cm³/mol. The monoisotopic (exact) mass is 449 g/mol. The lowest BCUT2D eigenvalue weighted by Crippen LogP contribution is -2.31. The van der Waals surface area contributed by atoms with Gasteiger partial charge in [-0.05, 0) is 57.4 Å². The van der Waals surface area contributed by atoms with Crippen LogP contribution in [0.15, 0.2) is 36.4 Å². The predicted octanol–water partition coefficient (Wildman–Crippen LogP) is 2.85. The molecule has 4 rings (SSSR count). The highest BCUT2D eigenvalue weighted by molar-refractivity contribution is 5.76. The lowest BCUT2D eigenvalue weighted by atomic mass is 10.1. The second kappa shape index (κ2) is 10.7. The quantitative estimate of drug-likeness (QED) is 0.513. The van der Waals surface area contributed by atoms with Crippen LogP contribution in [0.2, 0.25) is 0 Å². The molecule has 0 radical (unpaired) electrons. The maximum absolute atomic E-state index is 12.5. The first-order valence-corrected chi connectivity index (χ1v) is 12.1. The number of amides is 1. The van der Waals surface area contributed by atoms with E-state index in [1.165, 1.54) is 11.1 Å². The molecule has 0 spiro atoms. The van der Waals surface area contributed by atoms with Gasteiger partial charge >= 0.3 is 0 Å². The number of carbonyl (C=O) groups excluding carboxylic acids is 1. The molecule has 1 aromatic carbocycles. The molecule has 0 unspecified atom stereocenters. The molecule has 1 saturated heterocycles. The lowest BCUT2D eigenvalue weighted by molar-refractivity contribution is -0.121. The molecule has 3 heterocycles. The van der Waals surface area contributed by atoms with Crippen LogP contribution in [0.1, 0.15) is 43.6 Å². The van der Waals surface area contributed by atoms with Gasteiger partial charge in [0.1, 0.15) is 5.82 Å². The Morgan fingerprint density at radius 2 is 1.91 bits per heavy atom. The molecular weight excluding hydrogens is 414 g/mol. The Bertz CT molecular complexity index is 1060.